The molecule has 82 valence electrons. The van der Waals surface area contributed by atoms with Crippen LogP contribution in [0.4, 0.5) is 0 Å². The summed E-state index contributed by atoms with van der Waals surface area (Å²) < 4.78 is 5.45. The molecule has 3 heterocycles. The van der Waals surface area contributed by atoms with Gasteiger partial charge in [0.15, 0.2) is 0 Å². The van der Waals surface area contributed by atoms with Crippen molar-refractivity contribution in [1.82, 2.24) is 5.32 Å². The number of rotatable bonds is 3. The lowest BCUT2D eigenvalue weighted by Gasteiger charge is -2.42. The predicted octanol–water partition coefficient (Wildman–Crippen LogP) is 2.16. The average Bonchev–Trinajstić information content (AvgIpc) is 2.84. The van der Waals surface area contributed by atoms with Gasteiger partial charge < -0.3 is 10.1 Å². The van der Waals surface area contributed by atoms with Gasteiger partial charge in [-0.3, -0.25) is 0 Å². The molecule has 1 aromatic rings. The molecular formula is C12H17NOS. The first kappa shape index (κ1) is 9.82. The molecule has 1 unspecified atom stereocenters. The second-order valence-electron chi connectivity index (χ2n) is 4.75. The zero-order valence-electron chi connectivity index (χ0n) is 8.87. The van der Waals surface area contributed by atoms with Gasteiger partial charge in [0.25, 0.3) is 0 Å². The molecule has 0 saturated carbocycles. The molecule has 2 aliphatic rings. The van der Waals surface area contributed by atoms with E-state index < -0.39 is 0 Å². The third kappa shape index (κ3) is 1.73. The maximum Gasteiger partial charge on any atom is 0.0594 e. The SMILES string of the molecule is c1csc(C2(CC3CCCN3)COC2)c1. The Balaban J connectivity index is 1.75. The molecule has 1 N–H and O–H groups in total. The summed E-state index contributed by atoms with van der Waals surface area (Å²) in [5.41, 5.74) is 0.343. The molecular weight excluding hydrogens is 206 g/mol. The maximum atomic E-state index is 5.45. The van der Waals surface area contributed by atoms with E-state index >= 15 is 0 Å². The molecule has 3 heteroatoms. The van der Waals surface area contributed by atoms with E-state index in [9.17, 15) is 0 Å². The molecule has 2 nitrogen and oxygen atoms in total. The van der Waals surface area contributed by atoms with Crippen LogP contribution in [0.25, 0.3) is 0 Å². The van der Waals surface area contributed by atoms with E-state index in [-0.39, 0.29) is 0 Å². The van der Waals surface area contributed by atoms with E-state index in [1.807, 2.05) is 11.3 Å². The number of hydrogen-bond acceptors (Lipinski definition) is 3. The molecule has 2 saturated heterocycles. The van der Waals surface area contributed by atoms with Gasteiger partial charge in [0, 0.05) is 10.9 Å². The lowest BCUT2D eigenvalue weighted by Crippen LogP contribution is -2.49. The first-order chi connectivity index (χ1) is 7.39. The highest BCUT2D eigenvalue weighted by Gasteiger charge is 2.43. The van der Waals surface area contributed by atoms with Crippen LogP contribution in [0.15, 0.2) is 17.5 Å². The van der Waals surface area contributed by atoms with E-state index in [4.69, 9.17) is 4.74 Å². The summed E-state index contributed by atoms with van der Waals surface area (Å²) in [6, 6.07) is 5.14. The Morgan fingerprint density at radius 2 is 2.47 bits per heavy atom. The van der Waals surface area contributed by atoms with Crippen LogP contribution < -0.4 is 5.32 Å². The van der Waals surface area contributed by atoms with E-state index in [2.05, 4.69) is 22.8 Å². The quantitative estimate of drug-likeness (QED) is 0.848. The van der Waals surface area contributed by atoms with Gasteiger partial charge in [-0.25, -0.2) is 0 Å². The topological polar surface area (TPSA) is 21.3 Å². The van der Waals surface area contributed by atoms with Crippen molar-refractivity contribution in [1.29, 1.82) is 0 Å². The monoisotopic (exact) mass is 223 g/mol. The van der Waals surface area contributed by atoms with Crippen LogP contribution in [0, 0.1) is 0 Å². The minimum absolute atomic E-state index is 0.343. The first-order valence-electron chi connectivity index (χ1n) is 5.74. The number of thiophene rings is 1. The van der Waals surface area contributed by atoms with Gasteiger partial charge in [0.1, 0.15) is 0 Å². The highest BCUT2D eigenvalue weighted by molar-refractivity contribution is 7.10. The van der Waals surface area contributed by atoms with Crippen molar-refractivity contribution in [2.24, 2.45) is 0 Å². The number of ether oxygens (including phenoxy) is 1. The fraction of sp³-hybridized carbons (Fsp3) is 0.667. The average molecular weight is 223 g/mol. The predicted molar refractivity (Wildman–Crippen MR) is 62.5 cm³/mol. The van der Waals surface area contributed by atoms with Gasteiger partial charge >= 0.3 is 0 Å². The van der Waals surface area contributed by atoms with Gasteiger partial charge in [-0.15, -0.1) is 11.3 Å². The van der Waals surface area contributed by atoms with Crippen molar-refractivity contribution in [3.8, 4) is 0 Å². The zero-order valence-corrected chi connectivity index (χ0v) is 9.69. The normalized spacial score (nSPS) is 28.9. The molecule has 2 fully saturated rings. The number of hydrogen-bond donors (Lipinski definition) is 1. The summed E-state index contributed by atoms with van der Waals surface area (Å²) >= 11 is 1.88. The van der Waals surface area contributed by atoms with Crippen molar-refractivity contribution in [2.45, 2.75) is 30.7 Å². The van der Waals surface area contributed by atoms with Gasteiger partial charge in [0.2, 0.25) is 0 Å². The van der Waals surface area contributed by atoms with E-state index in [1.54, 1.807) is 0 Å². The molecule has 1 aromatic heterocycles. The molecule has 15 heavy (non-hydrogen) atoms. The van der Waals surface area contributed by atoms with E-state index in [0.717, 1.165) is 19.3 Å². The van der Waals surface area contributed by atoms with Gasteiger partial charge in [-0.05, 0) is 37.3 Å². The van der Waals surface area contributed by atoms with E-state index in [0.29, 0.717) is 5.41 Å². The third-order valence-corrected chi connectivity index (χ3v) is 4.72. The van der Waals surface area contributed by atoms with Crippen molar-refractivity contribution in [2.75, 3.05) is 19.8 Å². The summed E-state index contributed by atoms with van der Waals surface area (Å²) in [5.74, 6) is 0. The summed E-state index contributed by atoms with van der Waals surface area (Å²) in [4.78, 5) is 1.52. The fourth-order valence-corrected chi connectivity index (χ4v) is 3.60. The van der Waals surface area contributed by atoms with Crippen LogP contribution in [-0.2, 0) is 10.2 Å². The van der Waals surface area contributed by atoms with Crippen LogP contribution >= 0.6 is 11.3 Å². The Hall–Kier alpha value is -0.380. The zero-order chi connectivity index (χ0) is 10.1. The van der Waals surface area contributed by atoms with Gasteiger partial charge in [-0.1, -0.05) is 6.07 Å². The van der Waals surface area contributed by atoms with Gasteiger partial charge in [0.05, 0.1) is 18.6 Å². The Morgan fingerprint density at radius 3 is 3.00 bits per heavy atom. The van der Waals surface area contributed by atoms with Crippen LogP contribution in [-0.4, -0.2) is 25.8 Å². The lowest BCUT2D eigenvalue weighted by atomic mass is 9.78. The summed E-state index contributed by atoms with van der Waals surface area (Å²) in [7, 11) is 0. The molecule has 0 bridgehead atoms. The minimum atomic E-state index is 0.343. The lowest BCUT2D eigenvalue weighted by molar-refractivity contribution is -0.0660. The molecule has 0 aromatic carbocycles. The molecule has 0 amide bonds. The smallest absolute Gasteiger partial charge is 0.0594 e. The van der Waals surface area contributed by atoms with Crippen molar-refractivity contribution < 1.29 is 4.74 Å². The standard InChI is InChI=1S/C12H17NOS/c1-3-10(13-5-1)7-12(8-14-9-12)11-4-2-6-15-11/h2,4,6,10,13H,1,3,5,7-9H2. The molecule has 3 rings (SSSR count). The number of nitrogens with one attached hydrogen (secondary N) is 1. The van der Waals surface area contributed by atoms with Gasteiger partial charge in [-0.2, -0.15) is 0 Å². The Bertz CT molecular complexity index is 312. The van der Waals surface area contributed by atoms with Crippen LogP contribution in [0.2, 0.25) is 0 Å². The molecule has 0 spiro atoms. The summed E-state index contributed by atoms with van der Waals surface area (Å²) in [5, 5.41) is 5.77. The van der Waals surface area contributed by atoms with Crippen molar-refractivity contribution in [3.63, 3.8) is 0 Å². The third-order valence-electron chi connectivity index (χ3n) is 3.60. The highest BCUT2D eigenvalue weighted by atomic mass is 32.1. The second kappa shape index (κ2) is 3.89. The first-order valence-corrected chi connectivity index (χ1v) is 6.62. The Morgan fingerprint density at radius 1 is 1.53 bits per heavy atom. The molecule has 0 radical (unpaired) electrons. The Labute approximate surface area is 94.6 Å². The largest absolute Gasteiger partial charge is 0.379 e. The molecule has 1 atom stereocenters. The Kier molecular flexibility index (Phi) is 2.54. The van der Waals surface area contributed by atoms with Crippen molar-refractivity contribution in [3.05, 3.63) is 22.4 Å². The van der Waals surface area contributed by atoms with Crippen LogP contribution in [0.3, 0.4) is 0 Å². The maximum absolute atomic E-state index is 5.45. The van der Waals surface area contributed by atoms with E-state index in [1.165, 1.54) is 30.7 Å². The summed E-state index contributed by atoms with van der Waals surface area (Å²) in [6.45, 7) is 3.05. The highest BCUT2D eigenvalue weighted by Crippen LogP contribution is 2.40. The van der Waals surface area contributed by atoms with Crippen LogP contribution in [0.5, 0.6) is 0 Å². The molecule has 0 aliphatic carbocycles. The van der Waals surface area contributed by atoms with Crippen molar-refractivity contribution >= 4 is 11.3 Å². The van der Waals surface area contributed by atoms with Crippen LogP contribution in [0.1, 0.15) is 24.1 Å². The summed E-state index contributed by atoms with van der Waals surface area (Å²) in [6.07, 6.45) is 3.94. The fourth-order valence-electron chi connectivity index (χ4n) is 2.69. The second-order valence-corrected chi connectivity index (χ2v) is 5.70. The minimum Gasteiger partial charge on any atom is -0.379 e. The molecule has 2 aliphatic heterocycles.